The zero-order valence-electron chi connectivity index (χ0n) is 10.3. The number of nitrogens with zero attached hydrogens (tertiary/aromatic N) is 1. The molecule has 1 heterocycles. The van der Waals surface area contributed by atoms with Gasteiger partial charge in [0.05, 0.1) is 7.11 Å². The number of rotatable bonds is 5. The highest BCUT2D eigenvalue weighted by Crippen LogP contribution is 2.10. The van der Waals surface area contributed by atoms with Gasteiger partial charge in [-0.1, -0.05) is 6.42 Å². The van der Waals surface area contributed by atoms with Crippen LogP contribution in [0.3, 0.4) is 0 Å². The molecule has 6 heteroatoms. The van der Waals surface area contributed by atoms with Crippen molar-refractivity contribution in [2.45, 2.75) is 32.1 Å². The van der Waals surface area contributed by atoms with Crippen LogP contribution >= 0.6 is 0 Å². The summed E-state index contributed by atoms with van der Waals surface area (Å²) in [5.74, 6) is 0.240. The summed E-state index contributed by atoms with van der Waals surface area (Å²) in [6, 6.07) is -0.352. The van der Waals surface area contributed by atoms with E-state index in [1.54, 1.807) is 0 Å². The number of hydroxylamine groups is 1. The maximum atomic E-state index is 11.7. The summed E-state index contributed by atoms with van der Waals surface area (Å²) in [6.45, 7) is 2.11. The van der Waals surface area contributed by atoms with Gasteiger partial charge in [-0.25, -0.2) is 10.3 Å². The van der Waals surface area contributed by atoms with Crippen LogP contribution in [0.2, 0.25) is 0 Å². The van der Waals surface area contributed by atoms with Crippen LogP contribution in [0, 0.1) is 0 Å². The summed E-state index contributed by atoms with van der Waals surface area (Å²) >= 11 is 0. The fraction of sp³-hybridized carbons (Fsp3) is 0.818. The van der Waals surface area contributed by atoms with Gasteiger partial charge in [-0.15, -0.1) is 0 Å². The van der Waals surface area contributed by atoms with Gasteiger partial charge in [0.25, 0.3) is 0 Å². The molecule has 17 heavy (non-hydrogen) atoms. The summed E-state index contributed by atoms with van der Waals surface area (Å²) in [5, 5.41) is 2.64. The summed E-state index contributed by atoms with van der Waals surface area (Å²) in [5.41, 5.74) is 2.17. The third-order valence-corrected chi connectivity index (χ3v) is 2.76. The van der Waals surface area contributed by atoms with Crippen molar-refractivity contribution in [2.75, 3.05) is 26.7 Å². The number of urea groups is 1. The molecule has 0 aromatic heterocycles. The van der Waals surface area contributed by atoms with Gasteiger partial charge in [0.1, 0.15) is 0 Å². The first-order chi connectivity index (χ1) is 8.24. The Morgan fingerprint density at radius 1 is 1.41 bits per heavy atom. The number of nitrogens with one attached hydrogen (secondary N) is 2. The molecular weight excluding hydrogens is 222 g/mol. The highest BCUT2D eigenvalue weighted by molar-refractivity contribution is 5.76. The first-order valence-corrected chi connectivity index (χ1v) is 6.08. The van der Waals surface area contributed by atoms with Crippen molar-refractivity contribution in [1.82, 2.24) is 15.7 Å². The van der Waals surface area contributed by atoms with E-state index in [4.69, 9.17) is 0 Å². The zero-order chi connectivity index (χ0) is 12.5. The van der Waals surface area contributed by atoms with Gasteiger partial charge >= 0.3 is 6.03 Å². The van der Waals surface area contributed by atoms with E-state index in [0.717, 1.165) is 32.2 Å². The van der Waals surface area contributed by atoms with Crippen LogP contribution in [0.1, 0.15) is 32.1 Å². The smallest absolute Gasteiger partial charge is 0.338 e. The van der Waals surface area contributed by atoms with E-state index in [1.807, 2.05) is 4.90 Å². The Labute approximate surface area is 102 Å². The minimum atomic E-state index is -0.352. The molecule has 1 saturated heterocycles. The molecule has 6 nitrogen and oxygen atoms in total. The zero-order valence-corrected chi connectivity index (χ0v) is 10.3. The van der Waals surface area contributed by atoms with E-state index in [0.29, 0.717) is 19.5 Å². The average molecular weight is 243 g/mol. The first kappa shape index (κ1) is 13.8. The minimum Gasteiger partial charge on any atom is -0.343 e. The molecule has 0 aromatic rings. The van der Waals surface area contributed by atoms with Crippen molar-refractivity contribution in [3.8, 4) is 0 Å². The summed E-state index contributed by atoms with van der Waals surface area (Å²) in [7, 11) is 1.38. The number of amides is 3. The van der Waals surface area contributed by atoms with E-state index in [2.05, 4.69) is 15.6 Å². The van der Waals surface area contributed by atoms with Gasteiger partial charge in [-0.2, -0.15) is 0 Å². The lowest BCUT2D eigenvalue weighted by Crippen LogP contribution is -2.37. The highest BCUT2D eigenvalue weighted by Gasteiger charge is 2.15. The number of carbonyl (C=O) groups is 2. The van der Waals surface area contributed by atoms with Crippen LogP contribution < -0.4 is 10.8 Å². The monoisotopic (exact) mass is 243 g/mol. The lowest BCUT2D eigenvalue weighted by Gasteiger charge is -2.20. The summed E-state index contributed by atoms with van der Waals surface area (Å²) in [4.78, 5) is 29.0. The summed E-state index contributed by atoms with van der Waals surface area (Å²) < 4.78 is 0. The Bertz CT molecular complexity index is 258. The van der Waals surface area contributed by atoms with E-state index in [1.165, 1.54) is 7.11 Å². The molecule has 1 fully saturated rings. The second-order valence-corrected chi connectivity index (χ2v) is 4.11. The van der Waals surface area contributed by atoms with Crippen molar-refractivity contribution >= 4 is 11.9 Å². The number of hydrogen-bond donors (Lipinski definition) is 2. The van der Waals surface area contributed by atoms with Gasteiger partial charge in [0.15, 0.2) is 0 Å². The second-order valence-electron chi connectivity index (χ2n) is 4.11. The Hall–Kier alpha value is -1.30. The van der Waals surface area contributed by atoms with Crippen molar-refractivity contribution in [3.63, 3.8) is 0 Å². The van der Waals surface area contributed by atoms with Gasteiger partial charge in [-0.3, -0.25) is 9.63 Å². The predicted octanol–water partition coefficient (Wildman–Crippen LogP) is 0.640. The van der Waals surface area contributed by atoms with E-state index >= 15 is 0 Å². The molecule has 0 radical (unpaired) electrons. The predicted molar refractivity (Wildman–Crippen MR) is 63.2 cm³/mol. The molecule has 3 amide bonds. The molecule has 0 unspecified atom stereocenters. The summed E-state index contributed by atoms with van der Waals surface area (Å²) in [6.07, 6.45) is 4.66. The Morgan fingerprint density at radius 3 is 3.00 bits per heavy atom. The number of carbonyl (C=O) groups excluding carboxylic acids is 2. The molecule has 0 atom stereocenters. The maximum absolute atomic E-state index is 11.7. The van der Waals surface area contributed by atoms with E-state index in [-0.39, 0.29) is 11.9 Å². The number of likely N-dealkylation sites (tertiary alicyclic amines) is 1. The van der Waals surface area contributed by atoms with Crippen LogP contribution in [-0.2, 0) is 9.63 Å². The normalized spacial score (nSPS) is 16.5. The average Bonchev–Trinajstić information content (AvgIpc) is 2.50. The first-order valence-electron chi connectivity index (χ1n) is 6.08. The fourth-order valence-corrected chi connectivity index (χ4v) is 1.88. The van der Waals surface area contributed by atoms with E-state index < -0.39 is 0 Å². The molecular formula is C11H21N3O3. The fourth-order valence-electron chi connectivity index (χ4n) is 1.88. The Morgan fingerprint density at radius 2 is 2.24 bits per heavy atom. The van der Waals surface area contributed by atoms with Crippen LogP contribution in [0.25, 0.3) is 0 Å². The third-order valence-electron chi connectivity index (χ3n) is 2.76. The molecule has 0 spiro atoms. The number of hydrogen-bond acceptors (Lipinski definition) is 3. The van der Waals surface area contributed by atoms with Crippen molar-refractivity contribution in [2.24, 2.45) is 0 Å². The van der Waals surface area contributed by atoms with Crippen molar-refractivity contribution in [3.05, 3.63) is 0 Å². The van der Waals surface area contributed by atoms with Gasteiger partial charge in [0.2, 0.25) is 5.91 Å². The van der Waals surface area contributed by atoms with Crippen molar-refractivity contribution < 1.29 is 14.4 Å². The second kappa shape index (κ2) is 7.89. The molecule has 1 rings (SSSR count). The van der Waals surface area contributed by atoms with Gasteiger partial charge in [0, 0.05) is 26.1 Å². The molecule has 0 bridgehead atoms. The lowest BCUT2D eigenvalue weighted by atomic mass is 10.2. The Kier molecular flexibility index (Phi) is 6.39. The van der Waals surface area contributed by atoms with Crippen LogP contribution in [0.4, 0.5) is 4.79 Å². The molecule has 1 aliphatic heterocycles. The molecule has 0 aromatic carbocycles. The van der Waals surface area contributed by atoms with Crippen LogP contribution in [0.5, 0.6) is 0 Å². The van der Waals surface area contributed by atoms with E-state index in [9.17, 15) is 9.59 Å². The Balaban J connectivity index is 2.12. The molecule has 0 saturated carbocycles. The standard InChI is InChI=1S/C11H21N3O3/c1-17-13-11(16)12-7-5-9-14-8-4-2-3-6-10(14)15/h2-9H2,1H3,(H2,12,13,16). The van der Waals surface area contributed by atoms with Crippen LogP contribution in [0.15, 0.2) is 0 Å². The largest absolute Gasteiger partial charge is 0.343 e. The SMILES string of the molecule is CONC(=O)NCCCN1CCCCCC1=O. The molecule has 98 valence electrons. The van der Waals surface area contributed by atoms with Crippen LogP contribution in [-0.4, -0.2) is 43.6 Å². The van der Waals surface area contributed by atoms with Gasteiger partial charge < -0.3 is 10.2 Å². The molecule has 2 N–H and O–H groups in total. The van der Waals surface area contributed by atoms with Gasteiger partial charge in [-0.05, 0) is 19.3 Å². The lowest BCUT2D eigenvalue weighted by molar-refractivity contribution is -0.130. The topological polar surface area (TPSA) is 70.7 Å². The molecule has 1 aliphatic rings. The third kappa shape index (κ3) is 5.53. The quantitative estimate of drug-likeness (QED) is 0.550. The minimum absolute atomic E-state index is 0.240. The maximum Gasteiger partial charge on any atom is 0.338 e. The van der Waals surface area contributed by atoms with Crippen molar-refractivity contribution in [1.29, 1.82) is 0 Å². The highest BCUT2D eigenvalue weighted by atomic mass is 16.6. The molecule has 0 aliphatic carbocycles.